The van der Waals surface area contributed by atoms with Gasteiger partial charge in [-0.2, -0.15) is 0 Å². The Kier molecular flexibility index (Phi) is 5.89. The summed E-state index contributed by atoms with van der Waals surface area (Å²) in [5, 5.41) is 12.5. The Morgan fingerprint density at radius 1 is 0.935 bits per heavy atom. The minimum Gasteiger partial charge on any atom is -0.497 e. The van der Waals surface area contributed by atoms with Crippen molar-refractivity contribution in [3.63, 3.8) is 0 Å². The highest BCUT2D eigenvalue weighted by Crippen LogP contribution is 2.34. The van der Waals surface area contributed by atoms with Crippen LogP contribution >= 0.6 is 0 Å². The van der Waals surface area contributed by atoms with Crippen molar-refractivity contribution in [2.45, 2.75) is 5.92 Å². The minimum absolute atomic E-state index is 0.163. The summed E-state index contributed by atoms with van der Waals surface area (Å²) in [7, 11) is 1.59. The first-order valence-corrected chi connectivity index (χ1v) is 10.1. The van der Waals surface area contributed by atoms with E-state index in [0.717, 1.165) is 22.4 Å². The third-order valence-electron chi connectivity index (χ3n) is 5.71. The number of amides is 2. The molecule has 0 saturated carbocycles. The van der Waals surface area contributed by atoms with E-state index in [1.165, 1.54) is 4.90 Å². The van der Waals surface area contributed by atoms with Gasteiger partial charge in [0, 0.05) is 24.7 Å². The van der Waals surface area contributed by atoms with Gasteiger partial charge in [0.1, 0.15) is 5.75 Å². The fourth-order valence-corrected chi connectivity index (χ4v) is 4.06. The Hall–Kier alpha value is -3.80. The zero-order valence-corrected chi connectivity index (χ0v) is 17.2. The normalized spacial score (nSPS) is 17.9. The molecule has 6 heteroatoms. The number of hydrogen-bond donors (Lipinski definition) is 2. The Balaban J connectivity index is 1.56. The summed E-state index contributed by atoms with van der Waals surface area (Å²) >= 11 is 0. The first-order chi connectivity index (χ1) is 15.0. The molecule has 0 radical (unpaired) electrons. The van der Waals surface area contributed by atoms with E-state index in [1.807, 2.05) is 78.9 Å². The third kappa shape index (κ3) is 4.53. The number of nitrogens with zero attached hydrogens (tertiary/aromatic N) is 1. The van der Waals surface area contributed by atoms with E-state index in [9.17, 15) is 14.7 Å². The van der Waals surface area contributed by atoms with Crippen LogP contribution in [-0.4, -0.2) is 42.2 Å². The van der Waals surface area contributed by atoms with Gasteiger partial charge in [0.05, 0.1) is 13.0 Å². The van der Waals surface area contributed by atoms with E-state index < -0.39 is 12.0 Å². The summed E-state index contributed by atoms with van der Waals surface area (Å²) in [4.78, 5) is 26.1. The van der Waals surface area contributed by atoms with E-state index in [4.69, 9.17) is 4.74 Å². The number of likely N-dealkylation sites (tertiary alicyclic amines) is 1. The van der Waals surface area contributed by atoms with Crippen molar-refractivity contribution in [2.24, 2.45) is 5.92 Å². The molecular formula is C25H24N2O4. The zero-order chi connectivity index (χ0) is 21.8. The van der Waals surface area contributed by atoms with E-state index in [1.54, 1.807) is 7.11 Å². The van der Waals surface area contributed by atoms with Crippen molar-refractivity contribution in [3.8, 4) is 16.9 Å². The number of methoxy groups -OCH3 is 1. The molecule has 0 unspecified atom stereocenters. The molecule has 1 aliphatic rings. The fourth-order valence-electron chi connectivity index (χ4n) is 4.06. The smallest absolute Gasteiger partial charge is 0.407 e. The summed E-state index contributed by atoms with van der Waals surface area (Å²) in [6.07, 6.45) is -1.01. The van der Waals surface area contributed by atoms with Gasteiger partial charge in [-0.15, -0.1) is 0 Å². The van der Waals surface area contributed by atoms with Crippen LogP contribution in [0, 0.1) is 5.92 Å². The van der Waals surface area contributed by atoms with Crippen molar-refractivity contribution < 1.29 is 19.4 Å². The molecule has 3 aromatic carbocycles. The molecule has 2 N–H and O–H groups in total. The molecule has 0 aromatic heterocycles. The van der Waals surface area contributed by atoms with Crippen LogP contribution in [0.2, 0.25) is 0 Å². The van der Waals surface area contributed by atoms with Gasteiger partial charge in [-0.25, -0.2) is 4.79 Å². The molecule has 6 nitrogen and oxygen atoms in total. The fraction of sp³-hybridized carbons (Fsp3) is 0.200. The van der Waals surface area contributed by atoms with Crippen LogP contribution in [0.25, 0.3) is 11.1 Å². The number of carbonyl (C=O) groups excluding carboxylic acids is 1. The lowest BCUT2D eigenvalue weighted by molar-refractivity contribution is -0.119. The summed E-state index contributed by atoms with van der Waals surface area (Å²) in [5.74, 6) is -0.172. The minimum atomic E-state index is -1.01. The van der Waals surface area contributed by atoms with Crippen molar-refractivity contribution >= 4 is 17.7 Å². The molecule has 1 aliphatic heterocycles. The second-order valence-corrected chi connectivity index (χ2v) is 7.61. The van der Waals surface area contributed by atoms with E-state index in [2.05, 4.69) is 5.32 Å². The van der Waals surface area contributed by atoms with Gasteiger partial charge in [-0.05, 0) is 41.0 Å². The van der Waals surface area contributed by atoms with Gasteiger partial charge in [0.2, 0.25) is 5.91 Å². The Morgan fingerprint density at radius 3 is 2.32 bits per heavy atom. The molecule has 1 saturated heterocycles. The number of rotatable bonds is 5. The van der Waals surface area contributed by atoms with Crippen molar-refractivity contribution in [1.82, 2.24) is 4.90 Å². The number of anilines is 1. The maximum Gasteiger partial charge on any atom is 0.407 e. The van der Waals surface area contributed by atoms with Crippen LogP contribution < -0.4 is 10.1 Å². The maximum absolute atomic E-state index is 13.2. The van der Waals surface area contributed by atoms with Crippen LogP contribution in [0.15, 0.2) is 78.9 Å². The quantitative estimate of drug-likeness (QED) is 0.632. The summed E-state index contributed by atoms with van der Waals surface area (Å²) in [5.41, 5.74) is 3.67. The van der Waals surface area contributed by atoms with Gasteiger partial charge in [0.25, 0.3) is 0 Å². The molecule has 1 heterocycles. The van der Waals surface area contributed by atoms with Crippen LogP contribution in [0.5, 0.6) is 5.75 Å². The Bertz CT molecular complexity index is 1070. The standard InChI is InChI=1S/C25H24N2O4/c1-31-21-12-10-18(11-13-21)22-15-27(25(29)30)16-23(22)24(28)26-20-9-5-8-19(14-20)17-6-3-2-4-7-17/h2-14,22-23H,15-16H2,1H3,(H,26,28)(H,29,30)/t22-,23+/m1/s1. The second-order valence-electron chi connectivity index (χ2n) is 7.61. The molecular weight excluding hydrogens is 392 g/mol. The highest BCUT2D eigenvalue weighted by Gasteiger charge is 2.40. The topological polar surface area (TPSA) is 78.9 Å². The van der Waals surface area contributed by atoms with Crippen molar-refractivity contribution in [2.75, 3.05) is 25.5 Å². The number of hydrogen-bond acceptors (Lipinski definition) is 3. The predicted octanol–water partition coefficient (Wildman–Crippen LogP) is 4.69. The van der Waals surface area contributed by atoms with Gasteiger partial charge in [-0.3, -0.25) is 4.79 Å². The maximum atomic E-state index is 13.2. The molecule has 2 atom stereocenters. The zero-order valence-electron chi connectivity index (χ0n) is 17.2. The van der Waals surface area contributed by atoms with Crippen LogP contribution in [0.1, 0.15) is 11.5 Å². The van der Waals surface area contributed by atoms with Crippen molar-refractivity contribution in [3.05, 3.63) is 84.4 Å². The first-order valence-electron chi connectivity index (χ1n) is 10.1. The first kappa shape index (κ1) is 20.5. The van der Waals surface area contributed by atoms with E-state index in [-0.39, 0.29) is 24.9 Å². The number of benzene rings is 3. The van der Waals surface area contributed by atoms with Gasteiger partial charge < -0.3 is 20.1 Å². The number of carbonyl (C=O) groups is 2. The molecule has 31 heavy (non-hydrogen) atoms. The highest BCUT2D eigenvalue weighted by molar-refractivity contribution is 5.94. The van der Waals surface area contributed by atoms with E-state index >= 15 is 0 Å². The highest BCUT2D eigenvalue weighted by atomic mass is 16.5. The largest absolute Gasteiger partial charge is 0.497 e. The SMILES string of the molecule is COc1ccc([C@H]2CN(C(=O)O)C[C@@H]2C(=O)Nc2cccc(-c3ccccc3)c2)cc1. The monoisotopic (exact) mass is 416 g/mol. The molecule has 2 amide bonds. The van der Waals surface area contributed by atoms with Crippen LogP contribution in [-0.2, 0) is 4.79 Å². The number of nitrogens with one attached hydrogen (secondary N) is 1. The Morgan fingerprint density at radius 2 is 1.65 bits per heavy atom. The lowest BCUT2D eigenvalue weighted by atomic mass is 9.88. The van der Waals surface area contributed by atoms with Crippen LogP contribution in [0.4, 0.5) is 10.5 Å². The molecule has 0 spiro atoms. The lowest BCUT2D eigenvalue weighted by Gasteiger charge is -2.18. The molecule has 3 aromatic rings. The van der Waals surface area contributed by atoms with Crippen LogP contribution in [0.3, 0.4) is 0 Å². The Labute approximate surface area is 181 Å². The van der Waals surface area contributed by atoms with Crippen molar-refractivity contribution in [1.29, 1.82) is 0 Å². The van der Waals surface area contributed by atoms with Gasteiger partial charge >= 0.3 is 6.09 Å². The number of carboxylic acid groups (broad SMARTS) is 1. The molecule has 158 valence electrons. The average Bonchev–Trinajstić information content (AvgIpc) is 3.26. The van der Waals surface area contributed by atoms with Gasteiger partial charge in [-0.1, -0.05) is 54.6 Å². The summed E-state index contributed by atoms with van der Waals surface area (Å²) in [6.45, 7) is 0.444. The van der Waals surface area contributed by atoms with Gasteiger partial charge in [0.15, 0.2) is 0 Å². The molecule has 1 fully saturated rings. The average molecular weight is 416 g/mol. The third-order valence-corrected chi connectivity index (χ3v) is 5.71. The number of ether oxygens (including phenoxy) is 1. The second kappa shape index (κ2) is 8.92. The van der Waals surface area contributed by atoms with E-state index in [0.29, 0.717) is 5.69 Å². The molecule has 4 rings (SSSR count). The summed E-state index contributed by atoms with van der Waals surface area (Å²) in [6, 6.07) is 25.1. The summed E-state index contributed by atoms with van der Waals surface area (Å²) < 4.78 is 5.21. The lowest BCUT2D eigenvalue weighted by Crippen LogP contribution is -2.30. The molecule has 0 aliphatic carbocycles. The predicted molar refractivity (Wildman–Crippen MR) is 119 cm³/mol. The molecule has 0 bridgehead atoms.